The Hall–Kier alpha value is -0.450. The molecule has 0 unspecified atom stereocenters. The first kappa shape index (κ1) is 14.0. The van der Waals surface area contributed by atoms with Crippen LogP contribution in [0.3, 0.4) is 0 Å². The molecule has 1 aliphatic heterocycles. The fourth-order valence-electron chi connectivity index (χ4n) is 2.35. The standard InChI is InChI=1S/C14H25N3S/c1-4-6-17-7-5-12-13(10-17)18-14(16-12)9-15-8-11(2)3/h11,15H,4-10H2,1-3H3. The monoisotopic (exact) mass is 267 g/mol. The van der Waals surface area contributed by atoms with Crippen LogP contribution in [-0.2, 0) is 19.5 Å². The van der Waals surface area contributed by atoms with Crippen LogP contribution in [0.1, 0.15) is 42.8 Å². The lowest BCUT2D eigenvalue weighted by molar-refractivity contribution is 0.256. The number of rotatable bonds is 6. The van der Waals surface area contributed by atoms with Gasteiger partial charge in [-0.3, -0.25) is 4.90 Å². The molecule has 0 fully saturated rings. The van der Waals surface area contributed by atoms with E-state index in [1.165, 1.54) is 35.1 Å². The fourth-order valence-corrected chi connectivity index (χ4v) is 3.48. The average molecular weight is 267 g/mol. The molecule has 1 aliphatic rings. The molecule has 1 aromatic heterocycles. The van der Waals surface area contributed by atoms with Crippen molar-refractivity contribution in [2.45, 2.75) is 46.7 Å². The van der Waals surface area contributed by atoms with E-state index in [1.54, 1.807) is 0 Å². The summed E-state index contributed by atoms with van der Waals surface area (Å²) in [6.07, 6.45) is 2.38. The summed E-state index contributed by atoms with van der Waals surface area (Å²) in [5.74, 6) is 0.708. The van der Waals surface area contributed by atoms with Crippen molar-refractivity contribution in [3.63, 3.8) is 0 Å². The number of nitrogens with zero attached hydrogens (tertiary/aromatic N) is 2. The van der Waals surface area contributed by atoms with Crippen molar-refractivity contribution in [1.29, 1.82) is 0 Å². The summed E-state index contributed by atoms with van der Waals surface area (Å²) in [6.45, 7) is 12.3. The summed E-state index contributed by atoms with van der Waals surface area (Å²) in [6, 6.07) is 0. The zero-order valence-corrected chi connectivity index (χ0v) is 12.6. The maximum absolute atomic E-state index is 4.77. The molecule has 0 aromatic carbocycles. The summed E-state index contributed by atoms with van der Waals surface area (Å²) in [5.41, 5.74) is 1.36. The fraction of sp³-hybridized carbons (Fsp3) is 0.786. The summed E-state index contributed by atoms with van der Waals surface area (Å²) >= 11 is 1.90. The largest absolute Gasteiger partial charge is 0.310 e. The van der Waals surface area contributed by atoms with Gasteiger partial charge in [0.2, 0.25) is 0 Å². The van der Waals surface area contributed by atoms with Gasteiger partial charge in [-0.25, -0.2) is 4.98 Å². The van der Waals surface area contributed by atoms with Crippen LogP contribution >= 0.6 is 11.3 Å². The lowest BCUT2D eigenvalue weighted by Gasteiger charge is -2.25. The lowest BCUT2D eigenvalue weighted by Crippen LogP contribution is -2.30. The lowest BCUT2D eigenvalue weighted by atomic mass is 10.2. The molecular weight excluding hydrogens is 242 g/mol. The van der Waals surface area contributed by atoms with E-state index in [0.717, 1.165) is 26.1 Å². The zero-order valence-electron chi connectivity index (χ0n) is 11.8. The number of hydrogen-bond acceptors (Lipinski definition) is 4. The summed E-state index contributed by atoms with van der Waals surface area (Å²) in [7, 11) is 0. The smallest absolute Gasteiger partial charge is 0.107 e. The topological polar surface area (TPSA) is 28.2 Å². The first-order valence-electron chi connectivity index (χ1n) is 7.09. The van der Waals surface area contributed by atoms with E-state index >= 15 is 0 Å². The molecule has 0 radical (unpaired) electrons. The quantitative estimate of drug-likeness (QED) is 0.859. The van der Waals surface area contributed by atoms with E-state index in [0.29, 0.717) is 5.92 Å². The Morgan fingerprint density at radius 2 is 2.28 bits per heavy atom. The molecule has 18 heavy (non-hydrogen) atoms. The van der Waals surface area contributed by atoms with Gasteiger partial charge in [-0.2, -0.15) is 0 Å². The first-order valence-corrected chi connectivity index (χ1v) is 7.91. The van der Waals surface area contributed by atoms with E-state index in [-0.39, 0.29) is 0 Å². The maximum atomic E-state index is 4.77. The van der Waals surface area contributed by atoms with E-state index in [9.17, 15) is 0 Å². The molecule has 102 valence electrons. The number of aromatic nitrogens is 1. The van der Waals surface area contributed by atoms with Crippen LogP contribution < -0.4 is 5.32 Å². The molecule has 1 aromatic rings. The maximum Gasteiger partial charge on any atom is 0.107 e. The van der Waals surface area contributed by atoms with Gasteiger partial charge in [-0.05, 0) is 25.4 Å². The first-order chi connectivity index (χ1) is 8.69. The van der Waals surface area contributed by atoms with E-state index in [2.05, 4.69) is 31.0 Å². The molecule has 0 bridgehead atoms. The van der Waals surface area contributed by atoms with Crippen molar-refractivity contribution in [2.24, 2.45) is 5.92 Å². The van der Waals surface area contributed by atoms with Gasteiger partial charge in [0.25, 0.3) is 0 Å². The Kier molecular flexibility index (Phi) is 5.15. The molecule has 2 rings (SSSR count). The SMILES string of the molecule is CCCN1CCc2nc(CNCC(C)C)sc2C1. The molecule has 0 aliphatic carbocycles. The highest BCUT2D eigenvalue weighted by Gasteiger charge is 2.19. The second-order valence-electron chi connectivity index (χ2n) is 5.53. The highest BCUT2D eigenvalue weighted by Crippen LogP contribution is 2.25. The van der Waals surface area contributed by atoms with Gasteiger partial charge in [0.1, 0.15) is 5.01 Å². The van der Waals surface area contributed by atoms with Crippen molar-refractivity contribution in [1.82, 2.24) is 15.2 Å². The molecule has 3 nitrogen and oxygen atoms in total. The van der Waals surface area contributed by atoms with Crippen LogP contribution in [0.25, 0.3) is 0 Å². The Morgan fingerprint density at radius 3 is 3.00 bits per heavy atom. The molecule has 0 spiro atoms. The molecule has 0 saturated carbocycles. The zero-order chi connectivity index (χ0) is 13.0. The minimum absolute atomic E-state index is 0.708. The van der Waals surface area contributed by atoms with Crippen LogP contribution in [0.15, 0.2) is 0 Å². The van der Waals surface area contributed by atoms with Gasteiger partial charge in [-0.15, -0.1) is 11.3 Å². The third-order valence-electron chi connectivity index (χ3n) is 3.22. The summed E-state index contributed by atoms with van der Waals surface area (Å²) < 4.78 is 0. The second-order valence-corrected chi connectivity index (χ2v) is 6.70. The predicted octanol–water partition coefficient (Wildman–Crippen LogP) is 2.66. The van der Waals surface area contributed by atoms with Gasteiger partial charge >= 0.3 is 0 Å². The summed E-state index contributed by atoms with van der Waals surface area (Å²) in [4.78, 5) is 8.82. The van der Waals surface area contributed by atoms with E-state index in [1.807, 2.05) is 11.3 Å². The third kappa shape index (κ3) is 3.77. The van der Waals surface area contributed by atoms with Gasteiger partial charge < -0.3 is 5.32 Å². The molecule has 0 saturated heterocycles. The van der Waals surface area contributed by atoms with Crippen molar-refractivity contribution in [2.75, 3.05) is 19.6 Å². The van der Waals surface area contributed by atoms with Crippen molar-refractivity contribution < 1.29 is 0 Å². The normalized spacial score (nSPS) is 16.2. The van der Waals surface area contributed by atoms with Gasteiger partial charge in [-0.1, -0.05) is 20.8 Å². The summed E-state index contributed by atoms with van der Waals surface area (Å²) in [5, 5.41) is 4.74. The van der Waals surface area contributed by atoms with Crippen LogP contribution in [-0.4, -0.2) is 29.5 Å². The van der Waals surface area contributed by atoms with Crippen molar-refractivity contribution in [3.8, 4) is 0 Å². The molecule has 2 heterocycles. The minimum atomic E-state index is 0.708. The van der Waals surface area contributed by atoms with Crippen molar-refractivity contribution >= 4 is 11.3 Å². The van der Waals surface area contributed by atoms with Gasteiger partial charge in [0.05, 0.1) is 5.69 Å². The third-order valence-corrected chi connectivity index (χ3v) is 4.31. The second kappa shape index (κ2) is 6.64. The van der Waals surface area contributed by atoms with Gasteiger partial charge in [0, 0.05) is 30.9 Å². The minimum Gasteiger partial charge on any atom is -0.310 e. The molecular formula is C14H25N3S. The average Bonchev–Trinajstić information content (AvgIpc) is 2.71. The molecule has 4 heteroatoms. The predicted molar refractivity (Wildman–Crippen MR) is 77.9 cm³/mol. The Labute approximate surface area is 115 Å². The van der Waals surface area contributed by atoms with Crippen LogP contribution in [0.5, 0.6) is 0 Å². The Balaban J connectivity index is 1.89. The number of fused-ring (bicyclic) bond motifs is 1. The Morgan fingerprint density at radius 1 is 1.44 bits per heavy atom. The van der Waals surface area contributed by atoms with E-state index in [4.69, 9.17) is 4.98 Å². The van der Waals surface area contributed by atoms with Crippen LogP contribution in [0.4, 0.5) is 0 Å². The highest BCUT2D eigenvalue weighted by atomic mass is 32.1. The molecule has 0 amide bonds. The molecule has 0 atom stereocenters. The number of hydrogen-bond donors (Lipinski definition) is 1. The number of thiazole rings is 1. The van der Waals surface area contributed by atoms with Crippen LogP contribution in [0, 0.1) is 5.92 Å². The van der Waals surface area contributed by atoms with Gasteiger partial charge in [0.15, 0.2) is 0 Å². The number of nitrogens with one attached hydrogen (secondary N) is 1. The molecule has 1 N–H and O–H groups in total. The Bertz CT molecular complexity index is 373. The van der Waals surface area contributed by atoms with Crippen molar-refractivity contribution in [3.05, 3.63) is 15.6 Å². The van der Waals surface area contributed by atoms with Crippen LogP contribution in [0.2, 0.25) is 0 Å². The highest BCUT2D eigenvalue weighted by molar-refractivity contribution is 7.11. The van der Waals surface area contributed by atoms with E-state index < -0.39 is 0 Å².